The van der Waals surface area contributed by atoms with E-state index in [2.05, 4.69) is 5.32 Å². The summed E-state index contributed by atoms with van der Waals surface area (Å²) in [5.74, 6) is -0.164. The summed E-state index contributed by atoms with van der Waals surface area (Å²) in [6.45, 7) is 6.29. The predicted molar refractivity (Wildman–Crippen MR) is 117 cm³/mol. The lowest BCUT2D eigenvalue weighted by Gasteiger charge is -2.51. The van der Waals surface area contributed by atoms with E-state index in [1.165, 1.54) is 0 Å². The second kappa shape index (κ2) is 7.03. The summed E-state index contributed by atoms with van der Waals surface area (Å²) in [4.78, 5) is 28.3. The summed E-state index contributed by atoms with van der Waals surface area (Å²) < 4.78 is 0. The Bertz CT molecular complexity index is 1070. The van der Waals surface area contributed by atoms with Gasteiger partial charge in [0.2, 0.25) is 11.8 Å². The van der Waals surface area contributed by atoms with Crippen LogP contribution >= 0.6 is 0 Å². The Morgan fingerprint density at radius 3 is 2.28 bits per heavy atom. The number of nitrogens with zero attached hydrogens (tertiary/aromatic N) is 1. The van der Waals surface area contributed by atoms with Crippen LogP contribution in [0.5, 0.6) is 0 Å². The van der Waals surface area contributed by atoms with E-state index in [9.17, 15) is 9.59 Å². The number of carbonyl (C=O) groups excluding carboxylic acids is 2. The van der Waals surface area contributed by atoms with Crippen LogP contribution in [0.3, 0.4) is 0 Å². The highest BCUT2D eigenvalue weighted by molar-refractivity contribution is 6.07. The maximum Gasteiger partial charge on any atom is 0.250 e. The molecule has 148 valence electrons. The van der Waals surface area contributed by atoms with Gasteiger partial charge in [0.15, 0.2) is 0 Å². The first-order valence-corrected chi connectivity index (χ1v) is 10.0. The molecule has 4 nitrogen and oxygen atoms in total. The van der Waals surface area contributed by atoms with Crippen LogP contribution in [0.4, 0.5) is 5.69 Å². The molecule has 0 radical (unpaired) electrons. The third kappa shape index (κ3) is 3.19. The molecule has 1 heterocycles. The number of nitrogens with one attached hydrogen (secondary N) is 1. The molecule has 1 atom stereocenters. The number of fused-ring (bicyclic) bond motifs is 1. The topological polar surface area (TPSA) is 49.4 Å². The second-order valence-corrected chi connectivity index (χ2v) is 8.45. The maximum atomic E-state index is 13.4. The summed E-state index contributed by atoms with van der Waals surface area (Å²) in [5, 5.41) is 5.14. The predicted octanol–water partition coefficient (Wildman–Crippen LogP) is 4.75. The van der Waals surface area contributed by atoms with Gasteiger partial charge in [-0.1, -0.05) is 66.7 Å². The Labute approximate surface area is 171 Å². The molecule has 1 N–H and O–H groups in total. The van der Waals surface area contributed by atoms with Crippen molar-refractivity contribution in [1.29, 1.82) is 0 Å². The van der Waals surface area contributed by atoms with E-state index in [-0.39, 0.29) is 11.8 Å². The van der Waals surface area contributed by atoms with Crippen molar-refractivity contribution < 1.29 is 9.59 Å². The standard InChI is InChI=1S/C25H26N2O2/c1-24(2,19-12-5-4-6-13-19)23(29)27-17-16-25(27,3)22(28)26-21-15-9-11-18-10-7-8-14-20(18)21/h4-15H,16-17H2,1-3H3,(H,26,28). The van der Waals surface area contributed by atoms with Crippen molar-refractivity contribution in [2.24, 2.45) is 0 Å². The molecule has 4 rings (SSSR count). The van der Waals surface area contributed by atoms with Gasteiger partial charge < -0.3 is 10.2 Å². The molecule has 3 aromatic carbocycles. The molecular weight excluding hydrogens is 360 g/mol. The van der Waals surface area contributed by atoms with E-state index in [4.69, 9.17) is 0 Å². The van der Waals surface area contributed by atoms with E-state index in [1.807, 2.05) is 93.6 Å². The van der Waals surface area contributed by atoms with Crippen LogP contribution in [0.25, 0.3) is 10.8 Å². The van der Waals surface area contributed by atoms with Gasteiger partial charge >= 0.3 is 0 Å². The van der Waals surface area contributed by atoms with Gasteiger partial charge in [0, 0.05) is 17.6 Å². The van der Waals surface area contributed by atoms with Crippen molar-refractivity contribution in [2.75, 3.05) is 11.9 Å². The van der Waals surface area contributed by atoms with Crippen molar-refractivity contribution in [3.63, 3.8) is 0 Å². The van der Waals surface area contributed by atoms with Crippen LogP contribution in [0, 0.1) is 0 Å². The normalized spacial score (nSPS) is 18.9. The van der Waals surface area contributed by atoms with Crippen molar-refractivity contribution >= 4 is 28.3 Å². The zero-order valence-electron chi connectivity index (χ0n) is 17.1. The molecule has 1 fully saturated rings. The average Bonchev–Trinajstić information content (AvgIpc) is 2.73. The van der Waals surface area contributed by atoms with Crippen molar-refractivity contribution in [2.45, 2.75) is 38.1 Å². The monoisotopic (exact) mass is 386 g/mol. The van der Waals surface area contributed by atoms with Crippen LogP contribution in [-0.2, 0) is 15.0 Å². The Morgan fingerprint density at radius 1 is 0.931 bits per heavy atom. The molecule has 3 aromatic rings. The highest BCUT2D eigenvalue weighted by atomic mass is 16.2. The number of benzene rings is 3. The Balaban J connectivity index is 1.58. The van der Waals surface area contributed by atoms with Gasteiger partial charge in [-0.15, -0.1) is 0 Å². The number of likely N-dealkylation sites (tertiary alicyclic amines) is 1. The largest absolute Gasteiger partial charge is 0.327 e. The zero-order chi connectivity index (χ0) is 20.6. The SMILES string of the molecule is CC(C)(C(=O)N1CCC1(C)C(=O)Nc1cccc2ccccc12)c1ccccc1. The molecule has 1 saturated heterocycles. The van der Waals surface area contributed by atoms with Crippen molar-refractivity contribution in [3.8, 4) is 0 Å². The van der Waals surface area contributed by atoms with E-state index in [0.29, 0.717) is 13.0 Å². The lowest BCUT2D eigenvalue weighted by atomic mass is 9.77. The zero-order valence-corrected chi connectivity index (χ0v) is 17.1. The highest BCUT2D eigenvalue weighted by Gasteiger charge is 2.52. The number of anilines is 1. The number of rotatable bonds is 4. The smallest absolute Gasteiger partial charge is 0.250 e. The summed E-state index contributed by atoms with van der Waals surface area (Å²) in [5.41, 5.74) is 0.188. The van der Waals surface area contributed by atoms with E-state index >= 15 is 0 Å². The molecule has 0 saturated carbocycles. The van der Waals surface area contributed by atoms with Crippen LogP contribution in [0.2, 0.25) is 0 Å². The van der Waals surface area contributed by atoms with E-state index < -0.39 is 11.0 Å². The number of hydrogen-bond acceptors (Lipinski definition) is 2. The van der Waals surface area contributed by atoms with Gasteiger partial charge in [-0.2, -0.15) is 0 Å². The first-order chi connectivity index (χ1) is 13.8. The molecule has 29 heavy (non-hydrogen) atoms. The molecule has 0 bridgehead atoms. The highest BCUT2D eigenvalue weighted by Crippen LogP contribution is 2.37. The molecule has 0 spiro atoms. The molecule has 0 aromatic heterocycles. The van der Waals surface area contributed by atoms with Crippen LogP contribution in [0.15, 0.2) is 72.8 Å². The minimum absolute atomic E-state index is 0.0227. The maximum absolute atomic E-state index is 13.4. The van der Waals surface area contributed by atoms with Gasteiger partial charge in [-0.3, -0.25) is 9.59 Å². The first kappa shape index (κ1) is 19.2. The molecule has 1 unspecified atom stereocenters. The van der Waals surface area contributed by atoms with Gasteiger partial charge in [0.05, 0.1) is 5.41 Å². The lowest BCUT2D eigenvalue weighted by molar-refractivity contribution is -0.158. The summed E-state index contributed by atoms with van der Waals surface area (Å²) in [6, 6.07) is 23.6. The number of carbonyl (C=O) groups is 2. The van der Waals surface area contributed by atoms with Crippen molar-refractivity contribution in [1.82, 2.24) is 4.90 Å². The molecule has 1 aliphatic rings. The number of hydrogen-bond donors (Lipinski definition) is 1. The Kier molecular flexibility index (Phi) is 4.65. The summed E-state index contributed by atoms with van der Waals surface area (Å²) in [7, 11) is 0. The minimum atomic E-state index is -0.847. The Hall–Kier alpha value is -3.14. The van der Waals surface area contributed by atoms with Crippen LogP contribution in [-0.4, -0.2) is 28.8 Å². The Morgan fingerprint density at radius 2 is 1.59 bits per heavy atom. The molecule has 2 amide bonds. The van der Waals surface area contributed by atoms with Crippen LogP contribution in [0.1, 0.15) is 32.8 Å². The quantitative estimate of drug-likeness (QED) is 0.704. The molecular formula is C25H26N2O2. The van der Waals surface area contributed by atoms with Crippen molar-refractivity contribution in [3.05, 3.63) is 78.4 Å². The third-order valence-corrected chi connectivity index (χ3v) is 6.22. The van der Waals surface area contributed by atoms with E-state index in [1.54, 1.807) is 4.90 Å². The second-order valence-electron chi connectivity index (χ2n) is 8.45. The average molecular weight is 386 g/mol. The fourth-order valence-corrected chi connectivity index (χ4v) is 4.03. The molecule has 4 heteroatoms. The van der Waals surface area contributed by atoms with Gasteiger partial charge in [-0.05, 0) is 44.2 Å². The van der Waals surface area contributed by atoms with Gasteiger partial charge in [-0.25, -0.2) is 0 Å². The fourth-order valence-electron chi connectivity index (χ4n) is 4.03. The van der Waals surface area contributed by atoms with Crippen LogP contribution < -0.4 is 5.32 Å². The summed E-state index contributed by atoms with van der Waals surface area (Å²) in [6.07, 6.45) is 0.653. The number of amides is 2. The van der Waals surface area contributed by atoms with Gasteiger partial charge in [0.25, 0.3) is 0 Å². The minimum Gasteiger partial charge on any atom is -0.327 e. The summed E-state index contributed by atoms with van der Waals surface area (Å²) >= 11 is 0. The fraction of sp³-hybridized carbons (Fsp3) is 0.280. The molecule has 0 aliphatic carbocycles. The van der Waals surface area contributed by atoms with Gasteiger partial charge in [0.1, 0.15) is 5.54 Å². The molecule has 1 aliphatic heterocycles. The van der Waals surface area contributed by atoms with E-state index in [0.717, 1.165) is 22.0 Å². The first-order valence-electron chi connectivity index (χ1n) is 10.0. The lowest BCUT2D eigenvalue weighted by Crippen LogP contribution is -2.68. The third-order valence-electron chi connectivity index (χ3n) is 6.22.